The van der Waals surface area contributed by atoms with Gasteiger partial charge in [-0.3, -0.25) is 4.79 Å². The SMILES string of the molecule is Cc1cc(C)c(C(=O)Cc2ccncn2)cc1C. The Morgan fingerprint density at radius 3 is 2.50 bits per heavy atom. The van der Waals surface area contributed by atoms with Crippen molar-refractivity contribution in [3.05, 3.63) is 58.7 Å². The van der Waals surface area contributed by atoms with Gasteiger partial charge in [0.15, 0.2) is 5.78 Å². The molecule has 2 aromatic rings. The average Bonchev–Trinajstić information content (AvgIpc) is 2.35. The molecule has 0 radical (unpaired) electrons. The quantitative estimate of drug-likeness (QED) is 0.775. The van der Waals surface area contributed by atoms with Gasteiger partial charge in [0.1, 0.15) is 6.33 Å². The zero-order valence-corrected chi connectivity index (χ0v) is 10.9. The Hall–Kier alpha value is -2.03. The Kier molecular flexibility index (Phi) is 3.51. The Labute approximate surface area is 107 Å². The molecule has 0 atom stereocenters. The van der Waals surface area contributed by atoms with Gasteiger partial charge in [-0.05, 0) is 49.6 Å². The van der Waals surface area contributed by atoms with E-state index in [2.05, 4.69) is 23.0 Å². The van der Waals surface area contributed by atoms with Crippen molar-refractivity contribution in [1.29, 1.82) is 0 Å². The highest BCUT2D eigenvalue weighted by atomic mass is 16.1. The molecule has 0 fully saturated rings. The van der Waals surface area contributed by atoms with Crippen LogP contribution in [0.25, 0.3) is 0 Å². The van der Waals surface area contributed by atoms with Gasteiger partial charge in [0.05, 0.1) is 12.1 Å². The molecular weight excluding hydrogens is 224 g/mol. The lowest BCUT2D eigenvalue weighted by atomic mass is 9.96. The third-order valence-corrected chi connectivity index (χ3v) is 3.13. The van der Waals surface area contributed by atoms with E-state index in [1.165, 1.54) is 11.9 Å². The minimum Gasteiger partial charge on any atom is -0.294 e. The highest BCUT2D eigenvalue weighted by Gasteiger charge is 2.11. The summed E-state index contributed by atoms with van der Waals surface area (Å²) in [4.78, 5) is 20.2. The van der Waals surface area contributed by atoms with Crippen LogP contribution in [0.2, 0.25) is 0 Å². The summed E-state index contributed by atoms with van der Waals surface area (Å²) in [6.45, 7) is 6.05. The highest BCUT2D eigenvalue weighted by molar-refractivity contribution is 5.98. The summed E-state index contributed by atoms with van der Waals surface area (Å²) in [5.74, 6) is 0.106. The van der Waals surface area contributed by atoms with Crippen molar-refractivity contribution in [3.63, 3.8) is 0 Å². The van der Waals surface area contributed by atoms with E-state index in [1.807, 2.05) is 19.9 Å². The molecule has 1 aromatic heterocycles. The molecule has 2 rings (SSSR count). The second-order valence-electron chi connectivity index (χ2n) is 4.55. The van der Waals surface area contributed by atoms with E-state index in [4.69, 9.17) is 0 Å². The number of hydrogen-bond donors (Lipinski definition) is 0. The predicted molar refractivity (Wildman–Crippen MR) is 70.7 cm³/mol. The number of Topliss-reactive ketones (excluding diaryl/α,β-unsaturated/α-hetero) is 1. The van der Waals surface area contributed by atoms with E-state index in [1.54, 1.807) is 12.3 Å². The van der Waals surface area contributed by atoms with Gasteiger partial charge in [-0.2, -0.15) is 0 Å². The van der Waals surface area contributed by atoms with Gasteiger partial charge >= 0.3 is 0 Å². The molecule has 0 amide bonds. The molecule has 18 heavy (non-hydrogen) atoms. The molecule has 0 N–H and O–H groups in total. The third-order valence-electron chi connectivity index (χ3n) is 3.13. The van der Waals surface area contributed by atoms with E-state index < -0.39 is 0 Å². The van der Waals surface area contributed by atoms with Crippen LogP contribution in [-0.4, -0.2) is 15.8 Å². The molecule has 3 nitrogen and oxygen atoms in total. The Morgan fingerprint density at radius 1 is 1.11 bits per heavy atom. The molecule has 0 aliphatic rings. The van der Waals surface area contributed by atoms with E-state index in [9.17, 15) is 4.79 Å². The number of hydrogen-bond acceptors (Lipinski definition) is 3. The molecular formula is C15H16N2O. The van der Waals surface area contributed by atoms with Gasteiger partial charge in [0.25, 0.3) is 0 Å². The topological polar surface area (TPSA) is 42.9 Å². The Morgan fingerprint density at radius 2 is 1.83 bits per heavy atom. The van der Waals surface area contributed by atoms with Crippen LogP contribution in [0.4, 0.5) is 0 Å². The third kappa shape index (κ3) is 2.62. The maximum atomic E-state index is 12.2. The van der Waals surface area contributed by atoms with Crippen molar-refractivity contribution in [2.24, 2.45) is 0 Å². The molecule has 0 bridgehead atoms. The van der Waals surface area contributed by atoms with Crippen molar-refractivity contribution in [1.82, 2.24) is 9.97 Å². The lowest BCUT2D eigenvalue weighted by Gasteiger charge is -2.08. The number of rotatable bonds is 3. The van der Waals surface area contributed by atoms with Gasteiger partial charge in [-0.1, -0.05) is 6.07 Å². The normalized spacial score (nSPS) is 10.4. The average molecular weight is 240 g/mol. The van der Waals surface area contributed by atoms with Crippen molar-refractivity contribution in [2.45, 2.75) is 27.2 Å². The summed E-state index contributed by atoms with van der Waals surface area (Å²) >= 11 is 0. The molecule has 0 aliphatic carbocycles. The van der Waals surface area contributed by atoms with Gasteiger partial charge < -0.3 is 0 Å². The number of benzene rings is 1. The zero-order chi connectivity index (χ0) is 13.1. The molecule has 1 aromatic carbocycles. The van der Waals surface area contributed by atoms with Crippen LogP contribution in [0.3, 0.4) is 0 Å². The lowest BCUT2D eigenvalue weighted by molar-refractivity contribution is 0.0991. The molecule has 0 spiro atoms. The first-order chi connectivity index (χ1) is 8.58. The van der Waals surface area contributed by atoms with Crippen molar-refractivity contribution in [3.8, 4) is 0 Å². The standard InChI is InChI=1S/C15H16N2O/c1-10-6-12(3)14(7-11(10)2)15(18)8-13-4-5-16-9-17-13/h4-7,9H,8H2,1-3H3. The van der Waals surface area contributed by atoms with Crippen molar-refractivity contribution < 1.29 is 4.79 Å². The lowest BCUT2D eigenvalue weighted by Crippen LogP contribution is -2.08. The molecule has 1 heterocycles. The zero-order valence-electron chi connectivity index (χ0n) is 10.9. The molecule has 92 valence electrons. The summed E-state index contributed by atoms with van der Waals surface area (Å²) < 4.78 is 0. The predicted octanol–water partition coefficient (Wildman–Crippen LogP) is 2.83. The first kappa shape index (κ1) is 12.4. The fourth-order valence-electron chi connectivity index (χ4n) is 1.94. The Balaban J connectivity index is 2.27. The highest BCUT2D eigenvalue weighted by Crippen LogP contribution is 2.17. The maximum absolute atomic E-state index is 12.2. The summed E-state index contributed by atoms with van der Waals surface area (Å²) in [6, 6.07) is 5.80. The van der Waals surface area contributed by atoms with Crippen LogP contribution >= 0.6 is 0 Å². The Bertz CT molecular complexity index is 577. The fraction of sp³-hybridized carbons (Fsp3) is 0.267. The summed E-state index contributed by atoms with van der Waals surface area (Å²) in [7, 11) is 0. The molecule has 3 heteroatoms. The van der Waals surface area contributed by atoms with Gasteiger partial charge in [-0.25, -0.2) is 9.97 Å². The number of carbonyl (C=O) groups is 1. The van der Waals surface area contributed by atoms with Crippen molar-refractivity contribution in [2.75, 3.05) is 0 Å². The van der Waals surface area contributed by atoms with Gasteiger partial charge in [0.2, 0.25) is 0 Å². The van der Waals surface area contributed by atoms with Crippen molar-refractivity contribution >= 4 is 5.78 Å². The summed E-state index contributed by atoms with van der Waals surface area (Å²) in [5.41, 5.74) is 4.93. The van der Waals surface area contributed by atoms with Crippen LogP contribution < -0.4 is 0 Å². The number of aromatic nitrogens is 2. The first-order valence-corrected chi connectivity index (χ1v) is 5.94. The van der Waals surface area contributed by atoms with Crippen LogP contribution in [0.15, 0.2) is 30.7 Å². The van der Waals surface area contributed by atoms with E-state index in [0.717, 1.165) is 22.4 Å². The number of nitrogens with zero attached hydrogens (tertiary/aromatic N) is 2. The van der Waals surface area contributed by atoms with E-state index in [-0.39, 0.29) is 5.78 Å². The molecule has 0 aliphatic heterocycles. The van der Waals surface area contributed by atoms with Crippen LogP contribution in [0.1, 0.15) is 32.7 Å². The summed E-state index contributed by atoms with van der Waals surface area (Å²) in [6.07, 6.45) is 3.45. The molecule has 0 unspecified atom stereocenters. The second kappa shape index (κ2) is 5.08. The van der Waals surface area contributed by atoms with Gasteiger partial charge in [0, 0.05) is 11.8 Å². The van der Waals surface area contributed by atoms with E-state index >= 15 is 0 Å². The maximum Gasteiger partial charge on any atom is 0.169 e. The summed E-state index contributed by atoms with van der Waals surface area (Å²) in [5, 5.41) is 0. The van der Waals surface area contributed by atoms with Crippen LogP contribution in [-0.2, 0) is 6.42 Å². The van der Waals surface area contributed by atoms with Crippen LogP contribution in [0.5, 0.6) is 0 Å². The number of carbonyl (C=O) groups excluding carboxylic acids is 1. The van der Waals surface area contributed by atoms with E-state index in [0.29, 0.717) is 6.42 Å². The fourth-order valence-corrected chi connectivity index (χ4v) is 1.94. The number of ketones is 1. The smallest absolute Gasteiger partial charge is 0.169 e. The van der Waals surface area contributed by atoms with Crippen LogP contribution in [0, 0.1) is 20.8 Å². The first-order valence-electron chi connectivity index (χ1n) is 5.94. The second-order valence-corrected chi connectivity index (χ2v) is 4.55. The van der Waals surface area contributed by atoms with Gasteiger partial charge in [-0.15, -0.1) is 0 Å². The largest absolute Gasteiger partial charge is 0.294 e. The molecule has 0 saturated heterocycles. The monoisotopic (exact) mass is 240 g/mol. The molecule has 0 saturated carbocycles. The minimum absolute atomic E-state index is 0.106. The number of aryl methyl sites for hydroxylation is 3. The minimum atomic E-state index is 0.106.